The first kappa shape index (κ1) is 13.6. The predicted octanol–water partition coefficient (Wildman–Crippen LogP) is 2.87. The van der Waals surface area contributed by atoms with Crippen molar-refractivity contribution < 1.29 is 0 Å². The summed E-state index contributed by atoms with van der Waals surface area (Å²) in [7, 11) is 0. The second kappa shape index (κ2) is 5.43. The molecule has 1 N–H and O–H groups in total. The fourth-order valence-corrected chi connectivity index (χ4v) is 2.54. The average molecular weight is 314 g/mol. The maximum Gasteiger partial charge on any atom is 0.283 e. The third-order valence-electron chi connectivity index (χ3n) is 3.31. The SMILES string of the molecule is CCC1CC1Nc1cnn(CC(C)C)c(=O)c1Br. The van der Waals surface area contributed by atoms with Crippen LogP contribution in [0.4, 0.5) is 5.69 Å². The van der Waals surface area contributed by atoms with Gasteiger partial charge in [0, 0.05) is 12.6 Å². The minimum absolute atomic E-state index is 0.0533. The van der Waals surface area contributed by atoms with Gasteiger partial charge in [0.25, 0.3) is 5.56 Å². The summed E-state index contributed by atoms with van der Waals surface area (Å²) < 4.78 is 2.12. The van der Waals surface area contributed by atoms with Crippen LogP contribution in [0.5, 0.6) is 0 Å². The number of rotatable bonds is 5. The summed E-state index contributed by atoms with van der Waals surface area (Å²) >= 11 is 3.38. The number of nitrogens with zero attached hydrogens (tertiary/aromatic N) is 2. The van der Waals surface area contributed by atoms with Crippen molar-refractivity contribution in [3.8, 4) is 0 Å². The molecule has 1 fully saturated rings. The number of anilines is 1. The van der Waals surface area contributed by atoms with Crippen LogP contribution in [0.25, 0.3) is 0 Å². The van der Waals surface area contributed by atoms with Gasteiger partial charge >= 0.3 is 0 Å². The number of hydrogen-bond acceptors (Lipinski definition) is 3. The highest BCUT2D eigenvalue weighted by atomic mass is 79.9. The van der Waals surface area contributed by atoms with E-state index < -0.39 is 0 Å². The van der Waals surface area contributed by atoms with Crippen molar-refractivity contribution in [3.63, 3.8) is 0 Å². The van der Waals surface area contributed by atoms with Crippen molar-refractivity contribution in [2.24, 2.45) is 11.8 Å². The maximum absolute atomic E-state index is 12.1. The monoisotopic (exact) mass is 313 g/mol. The lowest BCUT2D eigenvalue weighted by Crippen LogP contribution is -2.26. The molecule has 0 aliphatic heterocycles. The summed E-state index contributed by atoms with van der Waals surface area (Å²) in [6.07, 6.45) is 4.13. The van der Waals surface area contributed by atoms with Crippen LogP contribution < -0.4 is 10.9 Å². The van der Waals surface area contributed by atoms with E-state index in [-0.39, 0.29) is 5.56 Å². The van der Waals surface area contributed by atoms with Crippen molar-refractivity contribution in [3.05, 3.63) is 21.0 Å². The molecule has 0 amide bonds. The lowest BCUT2D eigenvalue weighted by Gasteiger charge is -2.11. The summed E-state index contributed by atoms with van der Waals surface area (Å²) in [5, 5.41) is 7.61. The highest BCUT2D eigenvalue weighted by Crippen LogP contribution is 2.36. The second-order valence-electron chi connectivity index (χ2n) is 5.41. The van der Waals surface area contributed by atoms with Gasteiger partial charge in [-0.05, 0) is 34.2 Å². The molecular weight excluding hydrogens is 294 g/mol. The molecule has 0 aromatic carbocycles. The van der Waals surface area contributed by atoms with Crippen LogP contribution in [-0.2, 0) is 6.54 Å². The van der Waals surface area contributed by atoms with Gasteiger partial charge in [-0.3, -0.25) is 4.79 Å². The Morgan fingerprint density at radius 1 is 1.61 bits per heavy atom. The van der Waals surface area contributed by atoms with Gasteiger partial charge in [-0.2, -0.15) is 5.10 Å². The molecule has 2 rings (SSSR count). The first-order valence-electron chi connectivity index (χ1n) is 6.55. The van der Waals surface area contributed by atoms with Crippen molar-refractivity contribution in [1.82, 2.24) is 9.78 Å². The van der Waals surface area contributed by atoms with Crippen LogP contribution in [-0.4, -0.2) is 15.8 Å². The fourth-order valence-electron chi connectivity index (χ4n) is 2.12. The van der Waals surface area contributed by atoms with Crippen LogP contribution in [0, 0.1) is 11.8 Å². The summed E-state index contributed by atoms with van der Waals surface area (Å²) in [6.45, 7) is 6.99. The molecular formula is C13H20BrN3O. The van der Waals surface area contributed by atoms with Gasteiger partial charge in [0.1, 0.15) is 4.47 Å². The van der Waals surface area contributed by atoms with Crippen LogP contribution in [0.2, 0.25) is 0 Å². The van der Waals surface area contributed by atoms with E-state index in [1.807, 2.05) is 0 Å². The summed E-state index contributed by atoms with van der Waals surface area (Å²) in [5.74, 6) is 1.16. The van der Waals surface area contributed by atoms with Crippen LogP contribution in [0.1, 0.15) is 33.6 Å². The van der Waals surface area contributed by atoms with Gasteiger partial charge in [0.2, 0.25) is 0 Å². The molecule has 1 aromatic heterocycles. The third-order valence-corrected chi connectivity index (χ3v) is 4.08. The lowest BCUT2D eigenvalue weighted by atomic mass is 10.2. The van der Waals surface area contributed by atoms with E-state index in [1.54, 1.807) is 6.20 Å². The van der Waals surface area contributed by atoms with E-state index in [0.717, 1.165) is 11.6 Å². The summed E-state index contributed by atoms with van der Waals surface area (Å²) in [4.78, 5) is 12.1. The predicted molar refractivity (Wildman–Crippen MR) is 76.8 cm³/mol. The standard InChI is InChI=1S/C13H20BrN3O/c1-4-9-5-10(9)16-11-6-15-17(7-8(2)3)13(18)12(11)14/h6,8-10,16H,4-5,7H2,1-3H3. The number of nitrogens with one attached hydrogen (secondary N) is 1. The van der Waals surface area contributed by atoms with Gasteiger partial charge < -0.3 is 5.32 Å². The van der Waals surface area contributed by atoms with Crippen LogP contribution in [0.15, 0.2) is 15.5 Å². The largest absolute Gasteiger partial charge is 0.380 e. The summed E-state index contributed by atoms with van der Waals surface area (Å²) in [5.41, 5.74) is 0.767. The average Bonchev–Trinajstić information content (AvgIpc) is 3.07. The van der Waals surface area contributed by atoms with E-state index in [0.29, 0.717) is 23.0 Å². The number of halogens is 1. The zero-order valence-corrected chi connectivity index (χ0v) is 12.7. The van der Waals surface area contributed by atoms with E-state index in [2.05, 4.69) is 47.1 Å². The molecule has 1 aliphatic carbocycles. The zero-order valence-electron chi connectivity index (χ0n) is 11.1. The smallest absolute Gasteiger partial charge is 0.283 e. The molecule has 2 atom stereocenters. The Balaban J connectivity index is 2.14. The van der Waals surface area contributed by atoms with E-state index in [4.69, 9.17) is 0 Å². The lowest BCUT2D eigenvalue weighted by molar-refractivity contribution is 0.462. The molecule has 4 nitrogen and oxygen atoms in total. The van der Waals surface area contributed by atoms with Crippen molar-refractivity contribution in [1.29, 1.82) is 0 Å². The Kier molecular flexibility index (Phi) is 4.10. The number of hydrogen-bond donors (Lipinski definition) is 1. The first-order valence-corrected chi connectivity index (χ1v) is 7.34. The number of aromatic nitrogens is 2. The first-order chi connectivity index (χ1) is 8.52. The van der Waals surface area contributed by atoms with Gasteiger partial charge in [0.15, 0.2) is 0 Å². The Morgan fingerprint density at radius 2 is 2.33 bits per heavy atom. The molecule has 5 heteroatoms. The van der Waals surface area contributed by atoms with Crippen LogP contribution >= 0.6 is 15.9 Å². The molecule has 0 radical (unpaired) electrons. The minimum atomic E-state index is -0.0533. The topological polar surface area (TPSA) is 46.9 Å². The van der Waals surface area contributed by atoms with Gasteiger partial charge in [-0.15, -0.1) is 0 Å². The minimum Gasteiger partial charge on any atom is -0.380 e. The van der Waals surface area contributed by atoms with Crippen molar-refractivity contribution in [2.45, 2.75) is 46.2 Å². The molecule has 1 aromatic rings. The van der Waals surface area contributed by atoms with Crippen molar-refractivity contribution in [2.75, 3.05) is 5.32 Å². The molecule has 0 bridgehead atoms. The second-order valence-corrected chi connectivity index (χ2v) is 6.20. The van der Waals surface area contributed by atoms with Crippen molar-refractivity contribution >= 4 is 21.6 Å². The van der Waals surface area contributed by atoms with E-state index in [1.165, 1.54) is 17.5 Å². The molecule has 1 aliphatic rings. The van der Waals surface area contributed by atoms with Gasteiger partial charge in [-0.1, -0.05) is 27.2 Å². The molecule has 18 heavy (non-hydrogen) atoms. The zero-order chi connectivity index (χ0) is 13.3. The Labute approximate surface area is 116 Å². The van der Waals surface area contributed by atoms with Crippen LogP contribution in [0.3, 0.4) is 0 Å². The highest BCUT2D eigenvalue weighted by Gasteiger charge is 2.35. The molecule has 1 saturated carbocycles. The Hall–Kier alpha value is -0.840. The van der Waals surface area contributed by atoms with E-state index >= 15 is 0 Å². The maximum atomic E-state index is 12.1. The molecule has 100 valence electrons. The summed E-state index contributed by atoms with van der Waals surface area (Å²) in [6, 6.07) is 0.508. The Morgan fingerprint density at radius 3 is 2.89 bits per heavy atom. The molecule has 0 saturated heterocycles. The van der Waals surface area contributed by atoms with E-state index in [9.17, 15) is 4.79 Å². The fraction of sp³-hybridized carbons (Fsp3) is 0.692. The molecule has 1 heterocycles. The Bertz CT molecular complexity index is 484. The van der Waals surface area contributed by atoms with Gasteiger partial charge in [0.05, 0.1) is 11.9 Å². The van der Waals surface area contributed by atoms with Gasteiger partial charge in [-0.25, -0.2) is 4.68 Å². The molecule has 2 unspecified atom stereocenters. The third kappa shape index (κ3) is 2.94. The normalized spacial score (nSPS) is 22.3. The highest BCUT2D eigenvalue weighted by molar-refractivity contribution is 9.10. The molecule has 0 spiro atoms. The quantitative estimate of drug-likeness (QED) is 0.909.